The Balaban J connectivity index is 1.84. The van der Waals surface area contributed by atoms with Crippen molar-refractivity contribution in [2.24, 2.45) is 11.0 Å². The van der Waals surface area contributed by atoms with Gasteiger partial charge >= 0.3 is 0 Å². The molecule has 3 aromatic rings. The second-order valence-electron chi connectivity index (χ2n) is 8.59. The van der Waals surface area contributed by atoms with E-state index >= 15 is 0 Å². The molecule has 0 spiro atoms. The predicted molar refractivity (Wildman–Crippen MR) is 141 cm³/mol. The van der Waals surface area contributed by atoms with Gasteiger partial charge < -0.3 is 10.1 Å². The molecule has 2 aromatic carbocycles. The number of hydrogen-bond acceptors (Lipinski definition) is 5. The summed E-state index contributed by atoms with van der Waals surface area (Å²) in [6, 6.07) is 14.5. The van der Waals surface area contributed by atoms with Crippen LogP contribution in [0.5, 0.6) is 5.75 Å². The van der Waals surface area contributed by atoms with Gasteiger partial charge in [-0.3, -0.25) is 14.6 Å². The molecule has 0 aliphatic rings. The SMILES string of the molecule is CCC(F)(F)c1cccc(NC(=O)C(C)/C(C)=N\N(C=O)c2ccc(OC)c(-c3ncccc3C)c2)c1. The second-order valence-corrected chi connectivity index (χ2v) is 8.59. The first kappa shape index (κ1) is 27.4. The molecule has 0 bridgehead atoms. The topological polar surface area (TPSA) is 83.9 Å². The quantitative estimate of drug-likeness (QED) is 0.201. The van der Waals surface area contributed by atoms with Crippen molar-refractivity contribution < 1.29 is 23.1 Å². The van der Waals surface area contributed by atoms with Crippen molar-refractivity contribution in [3.05, 3.63) is 71.9 Å². The van der Waals surface area contributed by atoms with Crippen LogP contribution in [0.15, 0.2) is 65.9 Å². The van der Waals surface area contributed by atoms with E-state index in [-0.39, 0.29) is 17.7 Å². The van der Waals surface area contributed by atoms with Gasteiger partial charge in [-0.1, -0.05) is 25.1 Å². The van der Waals surface area contributed by atoms with Crippen molar-refractivity contribution in [2.75, 3.05) is 17.4 Å². The maximum atomic E-state index is 14.1. The molecular weight excluding hydrogens is 478 g/mol. The lowest BCUT2D eigenvalue weighted by atomic mass is 10.0. The number of carbonyl (C=O) groups excluding carboxylic acids is 2. The van der Waals surface area contributed by atoms with Crippen LogP contribution in [-0.4, -0.2) is 30.1 Å². The molecule has 0 aliphatic heterocycles. The number of aromatic nitrogens is 1. The Morgan fingerprint density at radius 2 is 1.97 bits per heavy atom. The second kappa shape index (κ2) is 11.7. The molecule has 3 rings (SSSR count). The molecule has 0 saturated heterocycles. The largest absolute Gasteiger partial charge is 0.496 e. The molecule has 7 nitrogen and oxygen atoms in total. The maximum Gasteiger partial charge on any atom is 0.273 e. The molecule has 2 amide bonds. The summed E-state index contributed by atoms with van der Waals surface area (Å²) in [4.78, 5) is 29.2. The Kier molecular flexibility index (Phi) is 8.70. The number of nitrogens with zero attached hydrogens (tertiary/aromatic N) is 3. The summed E-state index contributed by atoms with van der Waals surface area (Å²) in [5.74, 6) is -3.59. The number of hydrazone groups is 1. The number of alkyl halides is 2. The zero-order valence-corrected chi connectivity index (χ0v) is 21.5. The summed E-state index contributed by atoms with van der Waals surface area (Å²) in [6.07, 6.45) is 1.87. The molecule has 1 unspecified atom stereocenters. The zero-order valence-electron chi connectivity index (χ0n) is 21.5. The van der Waals surface area contributed by atoms with Gasteiger partial charge in [0.25, 0.3) is 5.92 Å². The summed E-state index contributed by atoms with van der Waals surface area (Å²) in [6.45, 7) is 6.57. The van der Waals surface area contributed by atoms with Crippen LogP contribution in [0.3, 0.4) is 0 Å². The standard InChI is InChI=1S/C28H30F2N4O3/c1-6-28(29,30)21-10-7-11-22(15-21)32-27(36)19(3)20(4)33-34(17-35)23-12-13-25(37-5)24(16-23)26-18(2)9-8-14-31-26/h7-17,19H,6H2,1-5H3,(H,32,36)/b33-20-. The number of aryl methyl sites for hydroxylation is 1. The number of methoxy groups -OCH3 is 1. The summed E-state index contributed by atoms with van der Waals surface area (Å²) < 4.78 is 33.6. The number of benzene rings is 2. The van der Waals surface area contributed by atoms with E-state index in [4.69, 9.17) is 4.74 Å². The highest BCUT2D eigenvalue weighted by atomic mass is 19.3. The Labute approximate surface area is 215 Å². The molecular formula is C28H30F2N4O3. The average molecular weight is 509 g/mol. The first-order chi connectivity index (χ1) is 17.6. The molecule has 0 aliphatic carbocycles. The van der Waals surface area contributed by atoms with E-state index < -0.39 is 17.7 Å². The van der Waals surface area contributed by atoms with Crippen LogP contribution in [0, 0.1) is 12.8 Å². The van der Waals surface area contributed by atoms with E-state index in [0.717, 1.165) is 10.6 Å². The van der Waals surface area contributed by atoms with Gasteiger partial charge in [-0.2, -0.15) is 5.10 Å². The van der Waals surface area contributed by atoms with Crippen LogP contribution in [0.25, 0.3) is 11.3 Å². The average Bonchev–Trinajstić information content (AvgIpc) is 2.91. The summed E-state index contributed by atoms with van der Waals surface area (Å²) >= 11 is 0. The number of anilines is 2. The molecule has 0 fully saturated rings. The number of pyridine rings is 1. The fourth-order valence-electron chi connectivity index (χ4n) is 3.66. The summed E-state index contributed by atoms with van der Waals surface area (Å²) in [5.41, 5.74) is 3.22. The van der Waals surface area contributed by atoms with Crippen LogP contribution < -0.4 is 15.1 Å². The normalized spacial score (nSPS) is 12.6. The molecule has 1 heterocycles. The van der Waals surface area contributed by atoms with Gasteiger partial charge in [0.15, 0.2) is 0 Å². The Hall–Kier alpha value is -4.14. The third-order valence-corrected chi connectivity index (χ3v) is 6.09. The smallest absolute Gasteiger partial charge is 0.273 e. The Bertz CT molecular complexity index is 1310. The van der Waals surface area contributed by atoms with Crippen molar-refractivity contribution in [3.63, 3.8) is 0 Å². The fourth-order valence-corrected chi connectivity index (χ4v) is 3.66. The van der Waals surface area contributed by atoms with E-state index in [1.54, 1.807) is 51.4 Å². The maximum absolute atomic E-state index is 14.1. The molecule has 0 saturated carbocycles. The fraction of sp³-hybridized carbons (Fsp3) is 0.286. The van der Waals surface area contributed by atoms with Crippen molar-refractivity contribution in [1.82, 2.24) is 4.98 Å². The van der Waals surface area contributed by atoms with E-state index in [2.05, 4.69) is 15.4 Å². The number of ether oxygens (including phenoxy) is 1. The van der Waals surface area contributed by atoms with E-state index in [0.29, 0.717) is 34.8 Å². The van der Waals surface area contributed by atoms with E-state index in [1.165, 1.54) is 25.1 Å². The number of nitrogens with one attached hydrogen (secondary N) is 1. The summed E-state index contributed by atoms with van der Waals surface area (Å²) in [5, 5.41) is 8.14. The van der Waals surface area contributed by atoms with Gasteiger partial charge in [0, 0.05) is 35.1 Å². The van der Waals surface area contributed by atoms with E-state index in [1.807, 2.05) is 19.1 Å². The highest BCUT2D eigenvalue weighted by Crippen LogP contribution is 2.35. The number of carbonyl (C=O) groups is 2. The highest BCUT2D eigenvalue weighted by molar-refractivity contribution is 6.08. The number of amides is 2. The Morgan fingerprint density at radius 1 is 1.22 bits per heavy atom. The van der Waals surface area contributed by atoms with Gasteiger partial charge in [-0.15, -0.1) is 0 Å². The minimum atomic E-state index is -2.99. The highest BCUT2D eigenvalue weighted by Gasteiger charge is 2.29. The van der Waals surface area contributed by atoms with Crippen LogP contribution in [-0.2, 0) is 15.5 Å². The lowest BCUT2D eigenvalue weighted by Crippen LogP contribution is -2.28. The van der Waals surface area contributed by atoms with Crippen LogP contribution >= 0.6 is 0 Å². The minimum Gasteiger partial charge on any atom is -0.496 e. The van der Waals surface area contributed by atoms with Gasteiger partial charge in [0.1, 0.15) is 5.75 Å². The van der Waals surface area contributed by atoms with Crippen LogP contribution in [0.4, 0.5) is 20.2 Å². The van der Waals surface area contributed by atoms with E-state index in [9.17, 15) is 18.4 Å². The first-order valence-corrected chi connectivity index (χ1v) is 11.8. The van der Waals surface area contributed by atoms with Crippen LogP contribution in [0.1, 0.15) is 38.3 Å². The molecule has 0 radical (unpaired) electrons. The first-order valence-electron chi connectivity index (χ1n) is 11.8. The third-order valence-electron chi connectivity index (χ3n) is 6.09. The molecule has 194 valence electrons. The lowest BCUT2D eigenvalue weighted by Gasteiger charge is -2.19. The van der Waals surface area contributed by atoms with Crippen LogP contribution in [0.2, 0.25) is 0 Å². The zero-order chi connectivity index (χ0) is 27.2. The van der Waals surface area contributed by atoms with Gasteiger partial charge in [0.05, 0.1) is 24.4 Å². The number of rotatable bonds is 10. The van der Waals surface area contributed by atoms with Crippen molar-refractivity contribution in [2.45, 2.75) is 40.0 Å². The van der Waals surface area contributed by atoms with Crippen molar-refractivity contribution in [3.8, 4) is 17.0 Å². The van der Waals surface area contributed by atoms with Gasteiger partial charge in [0.2, 0.25) is 12.3 Å². The molecule has 9 heteroatoms. The van der Waals surface area contributed by atoms with Gasteiger partial charge in [-0.05, 0) is 62.7 Å². The number of hydrogen-bond donors (Lipinski definition) is 1. The molecule has 1 atom stereocenters. The Morgan fingerprint density at radius 3 is 2.62 bits per heavy atom. The lowest BCUT2D eigenvalue weighted by molar-refractivity contribution is -0.117. The number of halogens is 2. The predicted octanol–water partition coefficient (Wildman–Crippen LogP) is 6.18. The molecule has 1 N–H and O–H groups in total. The van der Waals surface area contributed by atoms with Crippen molar-refractivity contribution >= 4 is 29.4 Å². The monoisotopic (exact) mass is 508 g/mol. The summed E-state index contributed by atoms with van der Waals surface area (Å²) in [7, 11) is 1.55. The molecule has 1 aromatic heterocycles. The van der Waals surface area contributed by atoms with Gasteiger partial charge in [-0.25, -0.2) is 13.8 Å². The minimum absolute atomic E-state index is 0.170. The molecule has 37 heavy (non-hydrogen) atoms. The van der Waals surface area contributed by atoms with Crippen molar-refractivity contribution in [1.29, 1.82) is 0 Å². The third kappa shape index (κ3) is 6.35.